The van der Waals surface area contributed by atoms with E-state index in [9.17, 15) is 9.59 Å². The van der Waals surface area contributed by atoms with Crippen LogP contribution >= 0.6 is 0 Å². The Bertz CT molecular complexity index is 730. The molecule has 1 saturated heterocycles. The first kappa shape index (κ1) is 16.2. The third kappa shape index (κ3) is 3.63. The number of benzene rings is 2. The lowest BCUT2D eigenvalue weighted by Crippen LogP contribution is -2.45. The molecule has 5 nitrogen and oxygen atoms in total. The van der Waals surface area contributed by atoms with Crippen LogP contribution in [0.4, 0.5) is 10.5 Å². The molecule has 0 aliphatic carbocycles. The van der Waals surface area contributed by atoms with Gasteiger partial charge in [-0.15, -0.1) is 0 Å². The Morgan fingerprint density at radius 3 is 2.67 bits per heavy atom. The number of nitrogens with one attached hydrogen (secondary N) is 1. The Morgan fingerprint density at radius 2 is 1.92 bits per heavy atom. The Morgan fingerprint density at radius 1 is 1.12 bits per heavy atom. The summed E-state index contributed by atoms with van der Waals surface area (Å²) in [5, 5.41) is 2.89. The second kappa shape index (κ2) is 7.27. The zero-order valence-electron chi connectivity index (χ0n) is 13.6. The van der Waals surface area contributed by atoms with Crippen LogP contribution in [0, 0.1) is 0 Å². The number of rotatable bonds is 3. The molecular formula is C19H20N2O3. The van der Waals surface area contributed by atoms with Gasteiger partial charge in [0.05, 0.1) is 19.3 Å². The van der Waals surface area contributed by atoms with E-state index in [1.807, 2.05) is 30.3 Å². The van der Waals surface area contributed by atoms with Crippen LogP contribution in [-0.2, 0) is 4.74 Å². The normalized spacial score (nSPS) is 17.4. The van der Waals surface area contributed by atoms with E-state index in [1.54, 1.807) is 29.2 Å². The molecule has 24 heavy (non-hydrogen) atoms. The quantitative estimate of drug-likeness (QED) is 0.879. The SMILES string of the molecule is CC(=O)c1cccc(NC(=O)N2CCOCC2c2ccccc2)c1. The van der Waals surface area contributed by atoms with Crippen molar-refractivity contribution in [3.8, 4) is 0 Å². The minimum Gasteiger partial charge on any atom is -0.377 e. The van der Waals surface area contributed by atoms with Crippen molar-refractivity contribution < 1.29 is 14.3 Å². The van der Waals surface area contributed by atoms with E-state index in [-0.39, 0.29) is 17.9 Å². The largest absolute Gasteiger partial charge is 0.377 e. The number of amides is 2. The number of carbonyl (C=O) groups excluding carboxylic acids is 2. The first-order valence-corrected chi connectivity index (χ1v) is 7.96. The van der Waals surface area contributed by atoms with Crippen molar-refractivity contribution in [3.63, 3.8) is 0 Å². The highest BCUT2D eigenvalue weighted by Crippen LogP contribution is 2.25. The molecule has 0 bridgehead atoms. The van der Waals surface area contributed by atoms with E-state index in [0.717, 1.165) is 5.56 Å². The molecule has 2 aromatic carbocycles. The number of Topliss-reactive ketones (excluding diaryl/α,β-unsaturated/α-hetero) is 1. The van der Waals surface area contributed by atoms with Gasteiger partial charge in [-0.1, -0.05) is 42.5 Å². The van der Waals surface area contributed by atoms with Crippen LogP contribution < -0.4 is 5.32 Å². The van der Waals surface area contributed by atoms with Gasteiger partial charge in [0.25, 0.3) is 0 Å². The van der Waals surface area contributed by atoms with E-state index >= 15 is 0 Å². The van der Waals surface area contributed by atoms with Crippen molar-refractivity contribution in [1.29, 1.82) is 0 Å². The summed E-state index contributed by atoms with van der Waals surface area (Å²) in [6, 6.07) is 16.5. The summed E-state index contributed by atoms with van der Waals surface area (Å²) in [4.78, 5) is 26.0. The molecular weight excluding hydrogens is 304 g/mol. The minimum atomic E-state index is -0.187. The van der Waals surface area contributed by atoms with E-state index < -0.39 is 0 Å². The van der Waals surface area contributed by atoms with Crippen molar-refractivity contribution in [1.82, 2.24) is 4.90 Å². The van der Waals surface area contributed by atoms with Gasteiger partial charge in [0.1, 0.15) is 0 Å². The van der Waals surface area contributed by atoms with Gasteiger partial charge in [-0.05, 0) is 24.6 Å². The first-order chi connectivity index (χ1) is 11.6. The van der Waals surface area contributed by atoms with Crippen molar-refractivity contribution in [3.05, 3.63) is 65.7 Å². The van der Waals surface area contributed by atoms with Gasteiger partial charge in [0, 0.05) is 17.8 Å². The molecule has 1 aliphatic heterocycles. The van der Waals surface area contributed by atoms with Crippen molar-refractivity contribution in [2.45, 2.75) is 13.0 Å². The Labute approximate surface area is 141 Å². The van der Waals surface area contributed by atoms with E-state index in [0.29, 0.717) is 31.0 Å². The van der Waals surface area contributed by atoms with Crippen LogP contribution in [0.2, 0.25) is 0 Å². The number of urea groups is 1. The summed E-state index contributed by atoms with van der Waals surface area (Å²) < 4.78 is 5.55. The number of nitrogens with zero attached hydrogens (tertiary/aromatic N) is 1. The van der Waals surface area contributed by atoms with Crippen LogP contribution in [-0.4, -0.2) is 36.5 Å². The predicted molar refractivity (Wildman–Crippen MR) is 92.2 cm³/mol. The zero-order valence-corrected chi connectivity index (χ0v) is 13.6. The summed E-state index contributed by atoms with van der Waals surface area (Å²) in [5.74, 6) is -0.0281. The predicted octanol–water partition coefficient (Wildman–Crippen LogP) is 3.49. The molecule has 1 aliphatic rings. The highest BCUT2D eigenvalue weighted by atomic mass is 16.5. The average Bonchev–Trinajstić information content (AvgIpc) is 2.62. The van der Waals surface area contributed by atoms with Gasteiger partial charge in [0.15, 0.2) is 5.78 Å². The second-order valence-electron chi connectivity index (χ2n) is 5.76. The number of carbonyl (C=O) groups is 2. The number of anilines is 1. The van der Waals surface area contributed by atoms with Crippen molar-refractivity contribution >= 4 is 17.5 Å². The second-order valence-corrected chi connectivity index (χ2v) is 5.76. The Balaban J connectivity index is 1.77. The van der Waals surface area contributed by atoms with Gasteiger partial charge in [-0.2, -0.15) is 0 Å². The van der Waals surface area contributed by atoms with Crippen LogP contribution in [0.25, 0.3) is 0 Å². The average molecular weight is 324 g/mol. The maximum atomic E-state index is 12.7. The van der Waals surface area contributed by atoms with E-state index in [2.05, 4.69) is 5.32 Å². The molecule has 0 aromatic heterocycles. The molecule has 0 radical (unpaired) electrons. The molecule has 0 spiro atoms. The van der Waals surface area contributed by atoms with Crippen LogP contribution in [0.5, 0.6) is 0 Å². The van der Waals surface area contributed by atoms with E-state index in [1.165, 1.54) is 6.92 Å². The monoisotopic (exact) mass is 324 g/mol. The van der Waals surface area contributed by atoms with Crippen LogP contribution in [0.3, 0.4) is 0 Å². The van der Waals surface area contributed by atoms with Crippen molar-refractivity contribution in [2.75, 3.05) is 25.1 Å². The highest BCUT2D eigenvalue weighted by Gasteiger charge is 2.28. The van der Waals surface area contributed by atoms with Gasteiger partial charge >= 0.3 is 6.03 Å². The van der Waals surface area contributed by atoms with Gasteiger partial charge in [-0.25, -0.2) is 4.79 Å². The minimum absolute atomic E-state index is 0.0281. The lowest BCUT2D eigenvalue weighted by atomic mass is 10.1. The van der Waals surface area contributed by atoms with Crippen LogP contribution in [0.1, 0.15) is 28.9 Å². The Kier molecular flexibility index (Phi) is 4.91. The number of morpholine rings is 1. The molecule has 5 heteroatoms. The summed E-state index contributed by atoms with van der Waals surface area (Å²) in [7, 11) is 0. The summed E-state index contributed by atoms with van der Waals surface area (Å²) in [6.07, 6.45) is 0. The molecule has 1 fully saturated rings. The highest BCUT2D eigenvalue weighted by molar-refractivity contribution is 5.96. The molecule has 124 valence electrons. The van der Waals surface area contributed by atoms with Crippen molar-refractivity contribution in [2.24, 2.45) is 0 Å². The zero-order chi connectivity index (χ0) is 16.9. The fraction of sp³-hybridized carbons (Fsp3) is 0.263. The molecule has 2 aromatic rings. The molecule has 1 N–H and O–H groups in total. The fourth-order valence-corrected chi connectivity index (χ4v) is 2.81. The lowest BCUT2D eigenvalue weighted by Gasteiger charge is -2.35. The summed E-state index contributed by atoms with van der Waals surface area (Å²) in [5.41, 5.74) is 2.24. The van der Waals surface area contributed by atoms with Gasteiger partial charge in [0.2, 0.25) is 0 Å². The topological polar surface area (TPSA) is 58.6 Å². The Hall–Kier alpha value is -2.66. The smallest absolute Gasteiger partial charge is 0.322 e. The third-order valence-corrected chi connectivity index (χ3v) is 4.09. The molecule has 1 unspecified atom stereocenters. The molecule has 1 heterocycles. The number of hydrogen-bond donors (Lipinski definition) is 1. The van der Waals surface area contributed by atoms with Gasteiger partial charge < -0.3 is 15.0 Å². The summed E-state index contributed by atoms with van der Waals surface area (Å²) >= 11 is 0. The van der Waals surface area contributed by atoms with E-state index in [4.69, 9.17) is 4.74 Å². The third-order valence-electron chi connectivity index (χ3n) is 4.09. The molecule has 0 saturated carbocycles. The maximum Gasteiger partial charge on any atom is 0.322 e. The maximum absolute atomic E-state index is 12.7. The van der Waals surface area contributed by atoms with Crippen LogP contribution in [0.15, 0.2) is 54.6 Å². The number of ether oxygens (including phenoxy) is 1. The number of ketones is 1. The number of hydrogen-bond acceptors (Lipinski definition) is 3. The van der Waals surface area contributed by atoms with Gasteiger partial charge in [-0.3, -0.25) is 4.79 Å². The molecule has 1 atom stereocenters. The first-order valence-electron chi connectivity index (χ1n) is 7.96. The fourth-order valence-electron chi connectivity index (χ4n) is 2.81. The molecule has 2 amide bonds. The lowest BCUT2D eigenvalue weighted by molar-refractivity contribution is 0.0148. The standard InChI is InChI=1S/C19H20N2O3/c1-14(22)16-8-5-9-17(12-16)20-19(23)21-10-11-24-13-18(21)15-6-3-2-4-7-15/h2-9,12,18H,10-11,13H2,1H3,(H,20,23). The molecule has 3 rings (SSSR count). The summed E-state index contributed by atoms with van der Waals surface area (Å²) in [6.45, 7) is 3.03.